The molecule has 1 aliphatic carbocycles. The number of benzene rings is 1. The summed E-state index contributed by atoms with van der Waals surface area (Å²) in [6.45, 7) is 0. The second-order valence-corrected chi connectivity index (χ2v) is 6.90. The van der Waals surface area contributed by atoms with Gasteiger partial charge in [-0.1, -0.05) is 12.1 Å². The number of para-hydroxylation sites is 1. The van der Waals surface area contributed by atoms with Crippen LogP contribution in [-0.2, 0) is 11.2 Å². The predicted octanol–water partition coefficient (Wildman–Crippen LogP) is 0.0373. The Labute approximate surface area is 152 Å². The molecule has 0 heterocycles. The third-order valence-electron chi connectivity index (χ3n) is 4.86. The van der Waals surface area contributed by atoms with Gasteiger partial charge in [0.25, 0.3) is 0 Å². The number of aromatic hydroxyl groups is 1. The van der Waals surface area contributed by atoms with Gasteiger partial charge in [-0.25, -0.2) is 4.79 Å². The molecule has 142 valence electrons. The topological polar surface area (TPSA) is 153 Å². The van der Waals surface area contributed by atoms with Crippen LogP contribution in [0.5, 0.6) is 5.75 Å². The number of hydrogen-bond donors (Lipinski definition) is 6. The third kappa shape index (κ3) is 5.45. The normalized spacial score (nSPS) is 21.0. The molecule has 8 nitrogen and oxygen atoms in total. The SMILES string of the molecule is NC1CCC(CC(=O)NC(Cc2cccc(C(=O)O)c2O)B(O)O)CC1. The first kappa shape index (κ1) is 20.2. The molecule has 9 heteroatoms. The number of phenols is 1. The monoisotopic (exact) mass is 364 g/mol. The van der Waals surface area contributed by atoms with Crippen LogP contribution in [0, 0.1) is 5.92 Å². The van der Waals surface area contributed by atoms with Crippen LogP contribution >= 0.6 is 0 Å². The maximum Gasteiger partial charge on any atom is 0.475 e. The van der Waals surface area contributed by atoms with Crippen LogP contribution in [0.1, 0.15) is 48.0 Å². The Morgan fingerprint density at radius 1 is 1.23 bits per heavy atom. The number of nitrogens with one attached hydrogen (secondary N) is 1. The molecule has 1 atom stereocenters. The van der Waals surface area contributed by atoms with Gasteiger partial charge >= 0.3 is 13.1 Å². The first-order valence-corrected chi connectivity index (χ1v) is 8.73. The van der Waals surface area contributed by atoms with Crippen molar-refractivity contribution >= 4 is 19.0 Å². The Balaban J connectivity index is 2.00. The first-order chi connectivity index (χ1) is 12.3. The summed E-state index contributed by atoms with van der Waals surface area (Å²) in [5.74, 6) is -2.87. The molecule has 1 unspecified atom stereocenters. The maximum atomic E-state index is 12.2. The van der Waals surface area contributed by atoms with Gasteiger partial charge in [0.2, 0.25) is 5.91 Å². The van der Waals surface area contributed by atoms with Crippen molar-refractivity contribution in [1.29, 1.82) is 0 Å². The lowest BCUT2D eigenvalue weighted by molar-refractivity contribution is -0.122. The van der Waals surface area contributed by atoms with Crippen molar-refractivity contribution in [2.24, 2.45) is 11.7 Å². The summed E-state index contributed by atoms with van der Waals surface area (Å²) in [5.41, 5.74) is 5.79. The molecule has 0 radical (unpaired) electrons. The van der Waals surface area contributed by atoms with Crippen LogP contribution in [0.25, 0.3) is 0 Å². The molecular formula is C17H25BN2O6. The van der Waals surface area contributed by atoms with Gasteiger partial charge in [0.15, 0.2) is 0 Å². The number of hydrogen-bond acceptors (Lipinski definition) is 6. The van der Waals surface area contributed by atoms with Crippen molar-refractivity contribution < 1.29 is 29.9 Å². The van der Waals surface area contributed by atoms with E-state index in [1.807, 2.05) is 0 Å². The summed E-state index contributed by atoms with van der Waals surface area (Å²) in [7, 11) is -1.84. The van der Waals surface area contributed by atoms with E-state index in [-0.39, 0.29) is 41.8 Å². The van der Waals surface area contributed by atoms with Crippen molar-refractivity contribution in [2.75, 3.05) is 0 Å². The molecule has 0 saturated heterocycles. The third-order valence-corrected chi connectivity index (χ3v) is 4.86. The molecule has 1 amide bonds. The summed E-state index contributed by atoms with van der Waals surface area (Å²) in [4.78, 5) is 23.3. The minimum Gasteiger partial charge on any atom is -0.507 e. The number of rotatable bonds is 7. The van der Waals surface area contributed by atoms with Crippen molar-refractivity contribution in [3.8, 4) is 5.75 Å². The summed E-state index contributed by atoms with van der Waals surface area (Å²) in [5, 5.41) is 40.8. The molecule has 0 spiro atoms. The van der Waals surface area contributed by atoms with E-state index < -0.39 is 24.8 Å². The lowest BCUT2D eigenvalue weighted by Crippen LogP contribution is -2.48. The molecular weight excluding hydrogens is 339 g/mol. The Kier molecular flexibility index (Phi) is 7.02. The second kappa shape index (κ2) is 9.02. The average Bonchev–Trinajstić information content (AvgIpc) is 2.57. The molecule has 7 N–H and O–H groups in total. The quantitative estimate of drug-likeness (QED) is 0.373. The summed E-state index contributed by atoms with van der Waals surface area (Å²) in [6.07, 6.45) is 3.65. The number of nitrogens with two attached hydrogens (primary N) is 1. The van der Waals surface area contributed by atoms with E-state index in [1.165, 1.54) is 18.2 Å². The Morgan fingerprint density at radius 2 is 1.88 bits per heavy atom. The average molecular weight is 364 g/mol. The number of carbonyl (C=O) groups is 2. The largest absolute Gasteiger partial charge is 0.507 e. The number of carboxylic acid groups (broad SMARTS) is 1. The van der Waals surface area contributed by atoms with E-state index in [9.17, 15) is 24.7 Å². The fraction of sp³-hybridized carbons (Fsp3) is 0.529. The molecule has 0 aromatic heterocycles. The van der Waals surface area contributed by atoms with Crippen molar-refractivity contribution in [3.63, 3.8) is 0 Å². The highest BCUT2D eigenvalue weighted by Gasteiger charge is 2.29. The van der Waals surface area contributed by atoms with Crippen molar-refractivity contribution in [2.45, 2.75) is 50.5 Å². The maximum absolute atomic E-state index is 12.2. The number of carbonyl (C=O) groups excluding carboxylic acids is 1. The summed E-state index contributed by atoms with van der Waals surface area (Å²) in [6, 6.07) is 4.36. The highest BCUT2D eigenvalue weighted by Crippen LogP contribution is 2.26. The fourth-order valence-corrected chi connectivity index (χ4v) is 3.32. The lowest BCUT2D eigenvalue weighted by Gasteiger charge is -2.26. The summed E-state index contributed by atoms with van der Waals surface area (Å²) >= 11 is 0. The van der Waals surface area contributed by atoms with Gasteiger partial charge in [-0.2, -0.15) is 0 Å². The van der Waals surface area contributed by atoms with Gasteiger partial charge in [-0.15, -0.1) is 0 Å². The molecule has 0 aliphatic heterocycles. The van der Waals surface area contributed by atoms with Gasteiger partial charge in [-0.3, -0.25) is 4.79 Å². The predicted molar refractivity (Wildman–Crippen MR) is 95.4 cm³/mol. The zero-order valence-corrected chi connectivity index (χ0v) is 14.5. The van der Waals surface area contributed by atoms with Gasteiger partial charge in [0.1, 0.15) is 11.3 Å². The Morgan fingerprint density at radius 3 is 2.46 bits per heavy atom. The smallest absolute Gasteiger partial charge is 0.475 e. The number of amides is 1. The first-order valence-electron chi connectivity index (χ1n) is 8.73. The van der Waals surface area contributed by atoms with E-state index in [0.29, 0.717) is 0 Å². The number of aromatic carboxylic acids is 1. The zero-order chi connectivity index (χ0) is 19.3. The molecule has 1 aromatic carbocycles. The van der Waals surface area contributed by atoms with Crippen molar-refractivity contribution in [3.05, 3.63) is 29.3 Å². The zero-order valence-electron chi connectivity index (χ0n) is 14.5. The Bertz CT molecular complexity index is 646. The van der Waals surface area contributed by atoms with Crippen LogP contribution < -0.4 is 11.1 Å². The van der Waals surface area contributed by atoms with E-state index in [0.717, 1.165) is 25.7 Å². The van der Waals surface area contributed by atoms with E-state index in [1.54, 1.807) is 0 Å². The van der Waals surface area contributed by atoms with Gasteiger partial charge in [0.05, 0.1) is 5.94 Å². The molecule has 1 aliphatic rings. The molecule has 1 saturated carbocycles. The number of carboxylic acids is 1. The lowest BCUT2D eigenvalue weighted by atomic mass is 9.75. The molecule has 26 heavy (non-hydrogen) atoms. The van der Waals surface area contributed by atoms with Crippen LogP contribution in [0.3, 0.4) is 0 Å². The van der Waals surface area contributed by atoms with E-state index in [2.05, 4.69) is 5.32 Å². The van der Waals surface area contributed by atoms with E-state index >= 15 is 0 Å². The molecule has 1 aromatic rings. The molecule has 2 rings (SSSR count). The van der Waals surface area contributed by atoms with Crippen LogP contribution in [-0.4, -0.2) is 51.2 Å². The highest BCUT2D eigenvalue weighted by molar-refractivity contribution is 6.43. The highest BCUT2D eigenvalue weighted by atomic mass is 16.4. The van der Waals surface area contributed by atoms with E-state index in [4.69, 9.17) is 10.8 Å². The fourth-order valence-electron chi connectivity index (χ4n) is 3.32. The van der Waals surface area contributed by atoms with Crippen molar-refractivity contribution in [1.82, 2.24) is 5.32 Å². The van der Waals surface area contributed by atoms with Gasteiger partial charge < -0.3 is 31.3 Å². The summed E-state index contributed by atoms with van der Waals surface area (Å²) < 4.78 is 0. The minimum absolute atomic E-state index is 0.105. The minimum atomic E-state index is -1.84. The Hall–Kier alpha value is -2.10. The van der Waals surface area contributed by atoms with Gasteiger partial charge in [0, 0.05) is 12.5 Å². The van der Waals surface area contributed by atoms with Crippen LogP contribution in [0.2, 0.25) is 0 Å². The van der Waals surface area contributed by atoms with Gasteiger partial charge in [-0.05, 0) is 49.7 Å². The molecule has 1 fully saturated rings. The molecule has 0 bridgehead atoms. The second-order valence-electron chi connectivity index (χ2n) is 6.90. The van der Waals surface area contributed by atoms with Crippen LogP contribution in [0.4, 0.5) is 0 Å². The standard InChI is InChI=1S/C17H25BN2O6/c19-12-6-4-10(5-7-12)8-15(21)20-14(18(25)26)9-11-2-1-3-13(16(11)22)17(23)24/h1-3,10,12,14,22,25-26H,4-9,19H2,(H,20,21)(H,23,24). The van der Waals surface area contributed by atoms with Crippen LogP contribution in [0.15, 0.2) is 18.2 Å².